The van der Waals surface area contributed by atoms with Crippen LogP contribution in [0.4, 0.5) is 21.5 Å². The van der Waals surface area contributed by atoms with E-state index in [1.54, 1.807) is 12.1 Å². The number of anilines is 3. The summed E-state index contributed by atoms with van der Waals surface area (Å²) >= 11 is 0. The molecule has 70 heavy (non-hydrogen) atoms. The molecule has 0 amide bonds. The molecule has 0 saturated carbocycles. The van der Waals surface area contributed by atoms with Crippen molar-refractivity contribution in [3.8, 4) is 17.2 Å². The molecule has 0 saturated heterocycles. The maximum absolute atomic E-state index is 14.7. The van der Waals surface area contributed by atoms with E-state index in [9.17, 15) is 4.39 Å². The van der Waals surface area contributed by atoms with Crippen molar-refractivity contribution in [1.82, 2.24) is 4.57 Å². The molecular weight excluding hydrogens is 872 g/mol. The number of nitrogens with zero attached hydrogens (tertiary/aromatic N) is 2. The fourth-order valence-electron chi connectivity index (χ4n) is 11.6. The van der Waals surface area contributed by atoms with Crippen LogP contribution in [-0.4, -0.2) is 12.6 Å². The fraction of sp³-hybridized carbons (Fsp3) is 0.0462. The molecule has 1 aromatic heterocycles. The number of hydrogen-bond acceptors (Lipinski definition) is 2. The molecule has 0 atom stereocenters. The molecule has 1 aliphatic carbocycles. The van der Waals surface area contributed by atoms with Crippen molar-refractivity contribution in [3.63, 3.8) is 0 Å². The van der Waals surface area contributed by atoms with E-state index in [1.165, 1.54) is 53.4 Å². The summed E-state index contributed by atoms with van der Waals surface area (Å²) in [5, 5.41) is 12.6. The summed E-state index contributed by atoms with van der Waals surface area (Å²) in [6.07, 6.45) is 0. The van der Waals surface area contributed by atoms with Gasteiger partial charge in [-0.05, 0) is 150 Å². The van der Waals surface area contributed by atoms with Crippen LogP contribution in [0.1, 0.15) is 25.0 Å². The highest BCUT2D eigenvalue weighted by atomic mass is 28.3. The van der Waals surface area contributed by atoms with E-state index in [0.717, 1.165) is 56.1 Å². The topological polar surface area (TPSA) is 17.4 Å². The van der Waals surface area contributed by atoms with Gasteiger partial charge in [0, 0.05) is 38.9 Å². The Balaban J connectivity index is 1.07. The van der Waals surface area contributed by atoms with E-state index in [2.05, 4.69) is 217 Å². The van der Waals surface area contributed by atoms with E-state index < -0.39 is 8.07 Å². The summed E-state index contributed by atoms with van der Waals surface area (Å²) in [6.45, 7) is 4.72. The lowest BCUT2D eigenvalue weighted by molar-refractivity contribution is 0.483. The Morgan fingerprint density at radius 2 is 0.957 bits per heavy atom. The lowest BCUT2D eigenvalue weighted by atomic mass is 9.81. The van der Waals surface area contributed by atoms with Crippen LogP contribution in [0.15, 0.2) is 249 Å². The third-order valence-corrected chi connectivity index (χ3v) is 19.5. The number of aromatic nitrogens is 1. The van der Waals surface area contributed by atoms with Gasteiger partial charge in [-0.25, -0.2) is 4.39 Å². The minimum Gasteiger partial charge on any atom is -0.457 e. The Morgan fingerprint density at radius 1 is 0.414 bits per heavy atom. The third kappa shape index (κ3) is 6.53. The van der Waals surface area contributed by atoms with Gasteiger partial charge in [0.15, 0.2) is 8.07 Å². The summed E-state index contributed by atoms with van der Waals surface area (Å²) in [5.41, 5.74) is 8.58. The second-order valence-electron chi connectivity index (χ2n) is 19.0. The Hall–Kier alpha value is -8.51. The zero-order valence-electron chi connectivity index (χ0n) is 38.9. The Kier molecular flexibility index (Phi) is 9.72. The Morgan fingerprint density at radius 3 is 1.60 bits per heavy atom. The van der Waals surface area contributed by atoms with Crippen molar-refractivity contribution in [2.75, 3.05) is 4.90 Å². The minimum absolute atomic E-state index is 0.202. The van der Waals surface area contributed by atoms with E-state index in [4.69, 9.17) is 4.74 Å². The van der Waals surface area contributed by atoms with Crippen LogP contribution in [0.25, 0.3) is 49.0 Å². The first-order valence-corrected chi connectivity index (χ1v) is 26.0. The molecule has 3 nitrogen and oxygen atoms in total. The summed E-state index contributed by atoms with van der Waals surface area (Å²) in [5.74, 6) is 1.29. The van der Waals surface area contributed by atoms with Crippen molar-refractivity contribution in [1.29, 1.82) is 0 Å². The number of fused-ring (bicyclic) bond motifs is 3. The minimum atomic E-state index is -2.90. The highest BCUT2D eigenvalue weighted by Gasteiger charge is 2.42. The lowest BCUT2D eigenvalue weighted by Gasteiger charge is -2.34. The first-order valence-electron chi connectivity index (χ1n) is 24.0. The van der Waals surface area contributed by atoms with Gasteiger partial charge in [-0.2, -0.15) is 0 Å². The smallest absolute Gasteiger partial charge is 0.179 e. The van der Waals surface area contributed by atoms with Crippen LogP contribution < -0.4 is 30.4 Å². The van der Waals surface area contributed by atoms with Crippen molar-refractivity contribution >= 4 is 89.2 Å². The van der Waals surface area contributed by atoms with Gasteiger partial charge in [-0.1, -0.05) is 166 Å². The molecule has 0 aliphatic heterocycles. The van der Waals surface area contributed by atoms with Gasteiger partial charge < -0.3 is 14.2 Å². The van der Waals surface area contributed by atoms with Crippen molar-refractivity contribution in [2.24, 2.45) is 0 Å². The number of halogens is 1. The van der Waals surface area contributed by atoms with E-state index in [-0.39, 0.29) is 11.2 Å². The number of benzene rings is 11. The molecule has 0 bridgehead atoms. The number of para-hydroxylation sites is 1. The maximum atomic E-state index is 14.7. The van der Waals surface area contributed by atoms with Crippen molar-refractivity contribution < 1.29 is 9.13 Å². The molecule has 0 radical (unpaired) electrons. The summed E-state index contributed by atoms with van der Waals surface area (Å²) in [6, 6.07) is 88.5. The van der Waals surface area contributed by atoms with Crippen LogP contribution in [0.3, 0.4) is 0 Å². The second-order valence-corrected chi connectivity index (χ2v) is 22.8. The third-order valence-electron chi connectivity index (χ3n) is 14.8. The first-order chi connectivity index (χ1) is 34.4. The predicted octanol–water partition coefficient (Wildman–Crippen LogP) is 14.5. The molecule has 0 N–H and O–H groups in total. The van der Waals surface area contributed by atoms with Gasteiger partial charge in [0.25, 0.3) is 0 Å². The Bertz CT molecular complexity index is 3830. The normalized spacial score (nSPS) is 12.9. The SMILES string of the molecule is CC1(C)c2cccc3ccc4cc(N(c5ccc(Oc6ccccc6)cc5)c5ccc6c(c5)c5cc([Si](c7ccccc7)(c7ccccc7)c7ccccc7)ccc5n6-c5ccc(F)cc5)cc1c4c23. The highest BCUT2D eigenvalue weighted by molar-refractivity contribution is 7.20. The summed E-state index contributed by atoms with van der Waals surface area (Å²) in [4.78, 5) is 2.40. The monoisotopic (exact) mass is 918 g/mol. The van der Waals surface area contributed by atoms with E-state index >= 15 is 0 Å². The van der Waals surface area contributed by atoms with Crippen LogP contribution in [0.2, 0.25) is 0 Å². The molecule has 0 spiro atoms. The van der Waals surface area contributed by atoms with Crippen LogP contribution in [0, 0.1) is 5.82 Å². The maximum Gasteiger partial charge on any atom is 0.179 e. The molecule has 1 heterocycles. The quantitative estimate of drug-likeness (QED) is 0.0773. The molecule has 0 fully saturated rings. The van der Waals surface area contributed by atoms with Crippen molar-refractivity contribution in [2.45, 2.75) is 19.3 Å². The van der Waals surface area contributed by atoms with Crippen LogP contribution in [-0.2, 0) is 5.41 Å². The van der Waals surface area contributed by atoms with E-state index in [0.29, 0.717) is 0 Å². The number of ether oxygens (including phenoxy) is 1. The molecule has 1 aliphatic rings. The van der Waals surface area contributed by atoms with Gasteiger partial charge in [-0.3, -0.25) is 0 Å². The Labute approximate surface area is 407 Å². The lowest BCUT2D eigenvalue weighted by Crippen LogP contribution is -2.74. The van der Waals surface area contributed by atoms with Crippen LogP contribution in [0.5, 0.6) is 11.5 Å². The second kappa shape index (κ2) is 16.3. The molecule has 12 aromatic rings. The molecule has 334 valence electrons. The summed E-state index contributed by atoms with van der Waals surface area (Å²) < 4.78 is 23.3. The molecular formula is C65H47FN2OSi. The number of rotatable bonds is 10. The van der Waals surface area contributed by atoms with Crippen LogP contribution >= 0.6 is 0 Å². The summed E-state index contributed by atoms with van der Waals surface area (Å²) in [7, 11) is -2.90. The fourth-order valence-corrected chi connectivity index (χ4v) is 16.3. The van der Waals surface area contributed by atoms with Gasteiger partial charge in [0.05, 0.1) is 11.0 Å². The molecule has 0 unspecified atom stereocenters. The van der Waals surface area contributed by atoms with Gasteiger partial charge >= 0.3 is 0 Å². The average molecular weight is 919 g/mol. The number of hydrogen-bond donors (Lipinski definition) is 0. The first kappa shape index (κ1) is 41.7. The van der Waals surface area contributed by atoms with Gasteiger partial charge in [0.1, 0.15) is 17.3 Å². The molecule has 5 heteroatoms. The molecule has 13 rings (SSSR count). The average Bonchev–Trinajstić information content (AvgIpc) is 3.85. The standard InChI is InChI=1S/C65H47FN2OSi/c1-65(2)59-25-15-16-44-26-27-45-40-50(42-60(65)64(45)63(44)59)67(47-32-35-52(36-33-47)69-51-17-7-3-8-18-51)49-34-38-61-57(41-49)58-43-56(37-39-62(58)68(61)48-30-28-46(66)29-31-48)70(53-19-9-4-10-20-53,54-21-11-5-12-22-54)55-23-13-6-14-24-55/h3-43H,1-2H3. The van der Waals surface area contributed by atoms with E-state index in [1.807, 2.05) is 42.5 Å². The van der Waals surface area contributed by atoms with Gasteiger partial charge in [0.2, 0.25) is 0 Å². The zero-order valence-corrected chi connectivity index (χ0v) is 39.9. The highest BCUT2D eigenvalue weighted by Crippen LogP contribution is 2.51. The van der Waals surface area contributed by atoms with Gasteiger partial charge in [-0.15, -0.1) is 0 Å². The zero-order chi connectivity index (χ0) is 47.0. The predicted molar refractivity (Wildman–Crippen MR) is 293 cm³/mol. The molecule has 11 aromatic carbocycles. The van der Waals surface area contributed by atoms with Crippen molar-refractivity contribution in [3.05, 3.63) is 266 Å². The largest absolute Gasteiger partial charge is 0.457 e.